The summed E-state index contributed by atoms with van der Waals surface area (Å²) in [5, 5.41) is 5.23. The number of aromatic nitrogens is 2. The molecule has 0 aliphatic carbocycles. The topological polar surface area (TPSA) is 44.0 Å². The van der Waals surface area contributed by atoms with Crippen LogP contribution in [0.4, 0.5) is 0 Å². The quantitative estimate of drug-likeness (QED) is 0.0699. The van der Waals surface area contributed by atoms with Gasteiger partial charge in [0.15, 0.2) is 0 Å². The number of hydrogen-bond donors (Lipinski definition) is 0. The van der Waals surface area contributed by atoms with Gasteiger partial charge in [0.25, 0.3) is 11.1 Å². The Bertz CT molecular complexity index is 1700. The van der Waals surface area contributed by atoms with Gasteiger partial charge < -0.3 is 9.13 Å². The first-order valence-electron chi connectivity index (χ1n) is 18.8. The number of thioether (sulfide) groups is 1. The average molecular weight is 663 g/mol. The maximum atomic E-state index is 14.2. The van der Waals surface area contributed by atoms with Crippen LogP contribution in [0.5, 0.6) is 0 Å². The number of unbranched alkanes of at least 4 members (excludes halogenated alkanes) is 8. The van der Waals surface area contributed by atoms with Gasteiger partial charge in [0, 0.05) is 44.8 Å². The lowest BCUT2D eigenvalue weighted by Gasteiger charge is -2.23. The Hall–Kier alpha value is -2.05. The zero-order valence-electron chi connectivity index (χ0n) is 29.1. The molecule has 0 saturated carbocycles. The van der Waals surface area contributed by atoms with Crippen LogP contribution in [-0.2, 0) is 19.5 Å². The molecule has 2 atom stereocenters. The molecule has 0 radical (unpaired) electrons. The monoisotopic (exact) mass is 662 g/mol. The second-order valence-corrected chi connectivity index (χ2v) is 16.0. The molecule has 4 heterocycles. The molecule has 1 aromatic carbocycles. The minimum Gasteiger partial charge on any atom is -0.308 e. The van der Waals surface area contributed by atoms with Crippen LogP contribution >= 0.6 is 23.1 Å². The molecule has 0 spiro atoms. The maximum absolute atomic E-state index is 14.2. The van der Waals surface area contributed by atoms with Gasteiger partial charge in [0.05, 0.1) is 16.4 Å². The van der Waals surface area contributed by atoms with Crippen molar-refractivity contribution < 1.29 is 0 Å². The summed E-state index contributed by atoms with van der Waals surface area (Å²) >= 11 is 3.51. The predicted molar refractivity (Wildman–Crippen MR) is 203 cm³/mol. The van der Waals surface area contributed by atoms with Crippen molar-refractivity contribution in [1.82, 2.24) is 9.13 Å². The molecule has 6 heteroatoms. The van der Waals surface area contributed by atoms with Crippen LogP contribution in [0.25, 0.3) is 31.9 Å². The third kappa shape index (κ3) is 7.97. The second kappa shape index (κ2) is 17.4. The molecule has 0 amide bonds. The molecule has 252 valence electrons. The van der Waals surface area contributed by atoms with Crippen LogP contribution < -0.4 is 11.1 Å². The Kier molecular flexibility index (Phi) is 13.3. The van der Waals surface area contributed by atoms with E-state index in [2.05, 4.69) is 54.3 Å². The predicted octanol–water partition coefficient (Wildman–Crippen LogP) is 11.7. The fourth-order valence-corrected chi connectivity index (χ4v) is 9.84. The van der Waals surface area contributed by atoms with Gasteiger partial charge in [-0.05, 0) is 67.5 Å². The molecule has 0 fully saturated rings. The van der Waals surface area contributed by atoms with Crippen molar-refractivity contribution in [2.24, 2.45) is 11.8 Å². The van der Waals surface area contributed by atoms with Crippen molar-refractivity contribution in [3.63, 3.8) is 0 Å². The first-order chi connectivity index (χ1) is 22.5. The molecule has 5 rings (SSSR count). The molecule has 3 aromatic heterocycles. The molecule has 4 aromatic rings. The summed E-state index contributed by atoms with van der Waals surface area (Å²) < 4.78 is 5.36. The molecule has 0 N–H and O–H groups in total. The number of fused-ring (bicyclic) bond motifs is 6. The molecule has 46 heavy (non-hydrogen) atoms. The van der Waals surface area contributed by atoms with Gasteiger partial charge in [-0.2, -0.15) is 0 Å². The lowest BCUT2D eigenvalue weighted by atomic mass is 9.94. The van der Waals surface area contributed by atoms with Crippen LogP contribution in [0.3, 0.4) is 0 Å². The van der Waals surface area contributed by atoms with Gasteiger partial charge in [0.1, 0.15) is 0 Å². The summed E-state index contributed by atoms with van der Waals surface area (Å²) in [6, 6.07) is 6.64. The number of rotatable bonds is 20. The Morgan fingerprint density at radius 2 is 1.20 bits per heavy atom. The molecular formula is C40H58N2O2S2. The van der Waals surface area contributed by atoms with Crippen LogP contribution in [0.2, 0.25) is 0 Å². The van der Waals surface area contributed by atoms with E-state index in [9.17, 15) is 9.59 Å². The van der Waals surface area contributed by atoms with E-state index in [1.54, 1.807) is 11.3 Å². The average Bonchev–Trinajstić information content (AvgIpc) is 3.76. The highest BCUT2D eigenvalue weighted by Gasteiger charge is 2.25. The molecule has 0 bridgehead atoms. The fraction of sp³-hybridized carbons (Fsp3) is 0.650. The van der Waals surface area contributed by atoms with Gasteiger partial charge in [-0.15, -0.1) is 23.1 Å². The molecule has 1 aliphatic rings. The lowest BCUT2D eigenvalue weighted by Crippen LogP contribution is -2.28. The highest BCUT2D eigenvalue weighted by atomic mass is 32.2. The summed E-state index contributed by atoms with van der Waals surface area (Å²) in [4.78, 5) is 29.6. The van der Waals surface area contributed by atoms with E-state index < -0.39 is 0 Å². The largest absolute Gasteiger partial charge is 0.308 e. The van der Waals surface area contributed by atoms with E-state index in [4.69, 9.17) is 0 Å². The highest BCUT2D eigenvalue weighted by Crippen LogP contribution is 2.39. The summed E-state index contributed by atoms with van der Waals surface area (Å²) in [7, 11) is 0. The van der Waals surface area contributed by atoms with Crippen LogP contribution in [0.1, 0.15) is 136 Å². The van der Waals surface area contributed by atoms with Crippen molar-refractivity contribution in [3.8, 4) is 0 Å². The second-order valence-electron chi connectivity index (χ2n) is 14.0. The van der Waals surface area contributed by atoms with Crippen molar-refractivity contribution in [3.05, 3.63) is 49.9 Å². The Labute approximate surface area is 285 Å². The van der Waals surface area contributed by atoms with Gasteiger partial charge in [0.2, 0.25) is 0 Å². The summed E-state index contributed by atoms with van der Waals surface area (Å²) in [5.41, 5.74) is 3.51. The zero-order chi connectivity index (χ0) is 32.5. The third-order valence-corrected chi connectivity index (χ3v) is 12.6. The van der Waals surface area contributed by atoms with Crippen LogP contribution in [0, 0.1) is 11.8 Å². The van der Waals surface area contributed by atoms with Gasteiger partial charge in [-0.3, -0.25) is 9.59 Å². The first-order valence-corrected chi connectivity index (χ1v) is 20.6. The van der Waals surface area contributed by atoms with Gasteiger partial charge in [-0.1, -0.05) is 105 Å². The van der Waals surface area contributed by atoms with Crippen LogP contribution in [0.15, 0.2) is 38.1 Å². The summed E-state index contributed by atoms with van der Waals surface area (Å²) in [6.07, 6.45) is 20.5. The van der Waals surface area contributed by atoms with E-state index >= 15 is 0 Å². The van der Waals surface area contributed by atoms with Crippen molar-refractivity contribution in [2.75, 3.05) is 5.75 Å². The number of nitrogens with zero attached hydrogens (tertiary/aromatic N) is 2. The zero-order valence-corrected chi connectivity index (χ0v) is 30.8. The van der Waals surface area contributed by atoms with Crippen molar-refractivity contribution in [1.29, 1.82) is 0 Å². The highest BCUT2D eigenvalue weighted by molar-refractivity contribution is 7.99. The Morgan fingerprint density at radius 1 is 0.652 bits per heavy atom. The van der Waals surface area contributed by atoms with Gasteiger partial charge >= 0.3 is 0 Å². The van der Waals surface area contributed by atoms with Crippen molar-refractivity contribution >= 4 is 55.0 Å². The first kappa shape index (κ1) is 35.3. The summed E-state index contributed by atoms with van der Waals surface area (Å²) in [5.74, 6) is 1.99. The standard InChI is InChI=1S/C40H58N2O2S2/c1-5-9-13-15-19-29(17-11-7-3)27-41-35-25-34-36(26-33(35)37-31(39(41)43)21-23-45-37)42(40(44)32-22-24-46-38(32)34)28-30(18-12-8-4)20-16-14-10-6-2/h21,23,25-26,29-30H,5-20,22,24,27-28H2,1-4H3. The third-order valence-electron chi connectivity index (χ3n) is 10.4. The Balaban J connectivity index is 1.64. The number of pyridine rings is 2. The number of thiophene rings is 1. The van der Waals surface area contributed by atoms with E-state index in [1.165, 1.54) is 113 Å². The minimum atomic E-state index is 0.155. The molecule has 4 nitrogen and oxygen atoms in total. The van der Waals surface area contributed by atoms with Gasteiger partial charge in [-0.25, -0.2) is 0 Å². The van der Waals surface area contributed by atoms with Crippen LogP contribution in [-0.4, -0.2) is 14.9 Å². The van der Waals surface area contributed by atoms with E-state index in [1.807, 2.05) is 17.8 Å². The van der Waals surface area contributed by atoms with E-state index in [0.29, 0.717) is 11.8 Å². The Morgan fingerprint density at radius 3 is 1.80 bits per heavy atom. The summed E-state index contributed by atoms with van der Waals surface area (Å²) in [6.45, 7) is 10.7. The van der Waals surface area contributed by atoms with Crippen molar-refractivity contribution in [2.45, 2.75) is 155 Å². The normalized spacial score (nSPS) is 14.5. The lowest BCUT2D eigenvalue weighted by molar-refractivity contribution is 0.362. The number of hydrogen-bond acceptors (Lipinski definition) is 4. The smallest absolute Gasteiger partial charge is 0.259 e. The fourth-order valence-electron chi connectivity index (χ4n) is 7.74. The molecule has 1 aliphatic heterocycles. The van der Waals surface area contributed by atoms with E-state index in [-0.39, 0.29) is 11.1 Å². The molecular weight excluding hydrogens is 605 g/mol. The minimum absolute atomic E-state index is 0.155. The van der Waals surface area contributed by atoms with E-state index in [0.717, 1.165) is 57.3 Å². The molecule has 0 saturated heterocycles. The maximum Gasteiger partial charge on any atom is 0.259 e. The number of benzene rings is 1. The molecule has 2 unspecified atom stereocenters. The SMILES string of the molecule is CCCCCCC(CCCC)Cn1c(=O)c2c(c3cc4c(cc31)c1sccc1c(=O)n4CC(CCCC)CCCCCC)SCC2.